The fraction of sp³-hybridized carbons (Fsp3) is 0.529. The second kappa shape index (κ2) is 8.89. The summed E-state index contributed by atoms with van der Waals surface area (Å²) in [6.45, 7) is 0.539. The summed E-state index contributed by atoms with van der Waals surface area (Å²) in [4.78, 5) is 24.3. The van der Waals surface area contributed by atoms with Crippen LogP contribution in [-0.4, -0.2) is 25.4 Å². The van der Waals surface area contributed by atoms with Crippen molar-refractivity contribution >= 4 is 29.9 Å². The Kier molecular flexibility index (Phi) is 7.52. The zero-order chi connectivity index (χ0) is 16.0. The van der Waals surface area contributed by atoms with E-state index in [1.807, 2.05) is 0 Å². The predicted octanol–water partition coefficient (Wildman–Crippen LogP) is 2.71. The molecule has 1 fully saturated rings. The molecule has 1 aliphatic rings. The van der Waals surface area contributed by atoms with Crippen LogP contribution < -0.4 is 16.4 Å². The first kappa shape index (κ1) is 19.5. The van der Waals surface area contributed by atoms with Crippen LogP contribution in [0.15, 0.2) is 24.3 Å². The van der Waals surface area contributed by atoms with Crippen molar-refractivity contribution in [1.29, 1.82) is 0 Å². The van der Waals surface area contributed by atoms with E-state index in [9.17, 15) is 9.59 Å². The maximum absolute atomic E-state index is 12.4. The average molecular weight is 340 g/mol. The van der Waals surface area contributed by atoms with Gasteiger partial charge in [-0.3, -0.25) is 9.59 Å². The first-order chi connectivity index (χ1) is 10.6. The zero-order valence-electron chi connectivity index (χ0n) is 13.6. The Bertz CT molecular complexity index is 542. The Morgan fingerprint density at radius 1 is 1.17 bits per heavy atom. The van der Waals surface area contributed by atoms with Crippen molar-refractivity contribution in [1.82, 2.24) is 5.32 Å². The molecule has 2 amide bonds. The molecule has 0 heterocycles. The van der Waals surface area contributed by atoms with E-state index in [2.05, 4.69) is 10.6 Å². The SMILES string of the molecule is CNC(=O)c1ccccc1NC(=O)CC1(CN)CCCCC1.Cl. The Morgan fingerprint density at radius 3 is 2.43 bits per heavy atom. The fourth-order valence-electron chi connectivity index (χ4n) is 3.21. The number of para-hydroxylation sites is 1. The van der Waals surface area contributed by atoms with Crippen molar-refractivity contribution in [2.75, 3.05) is 18.9 Å². The van der Waals surface area contributed by atoms with Gasteiger partial charge in [-0.25, -0.2) is 0 Å². The van der Waals surface area contributed by atoms with Gasteiger partial charge in [0.1, 0.15) is 0 Å². The van der Waals surface area contributed by atoms with Crippen molar-refractivity contribution in [3.8, 4) is 0 Å². The van der Waals surface area contributed by atoms with Crippen molar-refractivity contribution in [3.63, 3.8) is 0 Å². The van der Waals surface area contributed by atoms with E-state index in [1.165, 1.54) is 6.42 Å². The fourth-order valence-corrected chi connectivity index (χ4v) is 3.21. The van der Waals surface area contributed by atoms with E-state index >= 15 is 0 Å². The largest absolute Gasteiger partial charge is 0.355 e. The molecule has 23 heavy (non-hydrogen) atoms. The summed E-state index contributed by atoms with van der Waals surface area (Å²) in [5.41, 5.74) is 6.88. The van der Waals surface area contributed by atoms with Gasteiger partial charge in [-0.15, -0.1) is 12.4 Å². The standard InChI is InChI=1S/C17H25N3O2.ClH/c1-19-16(22)13-7-3-4-8-14(13)20-15(21)11-17(12-18)9-5-2-6-10-17;/h3-4,7-8H,2,5-6,9-12,18H2,1H3,(H,19,22)(H,20,21);1H. The second-order valence-electron chi connectivity index (χ2n) is 6.11. The molecular weight excluding hydrogens is 314 g/mol. The molecule has 128 valence electrons. The van der Waals surface area contributed by atoms with Crippen molar-refractivity contribution in [3.05, 3.63) is 29.8 Å². The third-order valence-electron chi connectivity index (χ3n) is 4.56. The minimum atomic E-state index is -0.206. The van der Waals surface area contributed by atoms with Crippen molar-refractivity contribution in [2.45, 2.75) is 38.5 Å². The minimum Gasteiger partial charge on any atom is -0.355 e. The van der Waals surface area contributed by atoms with E-state index in [1.54, 1.807) is 31.3 Å². The number of amides is 2. The second-order valence-corrected chi connectivity index (χ2v) is 6.11. The quantitative estimate of drug-likeness (QED) is 0.771. The van der Waals surface area contributed by atoms with Gasteiger partial charge in [0.25, 0.3) is 5.91 Å². The number of nitrogens with one attached hydrogen (secondary N) is 2. The van der Waals surface area contributed by atoms with Crippen LogP contribution >= 0.6 is 12.4 Å². The zero-order valence-corrected chi connectivity index (χ0v) is 14.4. The van der Waals surface area contributed by atoms with Gasteiger partial charge in [0.2, 0.25) is 5.91 Å². The Labute approximate surface area is 143 Å². The molecule has 0 saturated heterocycles. The normalized spacial score (nSPS) is 16.1. The number of anilines is 1. The molecule has 1 saturated carbocycles. The van der Waals surface area contributed by atoms with Crippen LogP contribution in [0, 0.1) is 5.41 Å². The summed E-state index contributed by atoms with van der Waals surface area (Å²) >= 11 is 0. The van der Waals surface area contributed by atoms with Crippen molar-refractivity contribution < 1.29 is 9.59 Å². The lowest BCUT2D eigenvalue weighted by atomic mass is 9.71. The maximum Gasteiger partial charge on any atom is 0.253 e. The first-order valence-corrected chi connectivity index (χ1v) is 7.91. The van der Waals surface area contributed by atoms with Gasteiger partial charge < -0.3 is 16.4 Å². The van der Waals surface area contributed by atoms with Crippen LogP contribution in [0.4, 0.5) is 5.69 Å². The Morgan fingerprint density at radius 2 is 1.83 bits per heavy atom. The molecule has 0 aromatic heterocycles. The molecule has 1 aliphatic carbocycles. The van der Waals surface area contributed by atoms with Gasteiger partial charge >= 0.3 is 0 Å². The molecule has 0 spiro atoms. The minimum absolute atomic E-state index is 0. The highest BCUT2D eigenvalue weighted by atomic mass is 35.5. The maximum atomic E-state index is 12.4. The third-order valence-corrected chi connectivity index (χ3v) is 4.56. The number of carbonyl (C=O) groups excluding carboxylic acids is 2. The molecule has 1 aromatic carbocycles. The van der Waals surface area contributed by atoms with E-state index < -0.39 is 0 Å². The van der Waals surface area contributed by atoms with Crippen LogP contribution in [0.2, 0.25) is 0 Å². The molecule has 0 radical (unpaired) electrons. The summed E-state index contributed by atoms with van der Waals surface area (Å²) < 4.78 is 0. The number of benzene rings is 1. The molecular formula is C17H26ClN3O2. The van der Waals surface area contributed by atoms with E-state index in [-0.39, 0.29) is 29.6 Å². The molecule has 4 N–H and O–H groups in total. The van der Waals surface area contributed by atoms with Crippen LogP contribution in [0.1, 0.15) is 48.9 Å². The molecule has 0 atom stereocenters. The van der Waals surface area contributed by atoms with E-state index in [4.69, 9.17) is 5.73 Å². The first-order valence-electron chi connectivity index (χ1n) is 7.91. The van der Waals surface area contributed by atoms with Crippen LogP contribution in [-0.2, 0) is 4.79 Å². The highest BCUT2D eigenvalue weighted by molar-refractivity contribution is 6.03. The summed E-state index contributed by atoms with van der Waals surface area (Å²) in [6.07, 6.45) is 5.94. The Hall–Kier alpha value is -1.59. The highest BCUT2D eigenvalue weighted by Gasteiger charge is 2.33. The summed E-state index contributed by atoms with van der Waals surface area (Å²) in [7, 11) is 1.58. The monoisotopic (exact) mass is 339 g/mol. The predicted molar refractivity (Wildman–Crippen MR) is 94.9 cm³/mol. The average Bonchev–Trinajstić information content (AvgIpc) is 2.55. The molecule has 0 aliphatic heterocycles. The van der Waals surface area contributed by atoms with E-state index in [0.717, 1.165) is 25.7 Å². The van der Waals surface area contributed by atoms with E-state index in [0.29, 0.717) is 24.2 Å². The number of halogens is 1. The van der Waals surface area contributed by atoms with Crippen LogP contribution in [0.25, 0.3) is 0 Å². The lowest BCUT2D eigenvalue weighted by molar-refractivity contribution is -0.118. The van der Waals surface area contributed by atoms with Gasteiger partial charge in [-0.05, 0) is 36.9 Å². The Balaban J connectivity index is 0.00000264. The number of hydrogen-bond acceptors (Lipinski definition) is 3. The smallest absolute Gasteiger partial charge is 0.253 e. The molecule has 2 rings (SSSR count). The topological polar surface area (TPSA) is 84.2 Å². The molecule has 0 bridgehead atoms. The lowest BCUT2D eigenvalue weighted by Gasteiger charge is -2.35. The van der Waals surface area contributed by atoms with Crippen molar-refractivity contribution in [2.24, 2.45) is 11.1 Å². The number of nitrogens with two attached hydrogens (primary N) is 1. The van der Waals surface area contributed by atoms with Gasteiger partial charge in [0.15, 0.2) is 0 Å². The summed E-state index contributed by atoms with van der Waals surface area (Å²) in [5.74, 6) is -0.272. The highest BCUT2D eigenvalue weighted by Crippen LogP contribution is 2.38. The van der Waals surface area contributed by atoms with Gasteiger partial charge in [-0.2, -0.15) is 0 Å². The molecule has 5 nitrogen and oxygen atoms in total. The van der Waals surface area contributed by atoms with Crippen LogP contribution in [0.5, 0.6) is 0 Å². The molecule has 0 unspecified atom stereocenters. The van der Waals surface area contributed by atoms with Gasteiger partial charge in [0.05, 0.1) is 11.3 Å². The number of rotatable bonds is 5. The summed E-state index contributed by atoms with van der Waals surface area (Å²) in [6, 6.07) is 7.04. The number of carbonyl (C=O) groups is 2. The molecule has 1 aromatic rings. The van der Waals surface area contributed by atoms with Gasteiger partial charge in [-0.1, -0.05) is 31.4 Å². The molecule has 6 heteroatoms. The third kappa shape index (κ3) is 4.94. The van der Waals surface area contributed by atoms with Gasteiger partial charge in [0, 0.05) is 13.5 Å². The van der Waals surface area contributed by atoms with Crippen LogP contribution in [0.3, 0.4) is 0 Å². The lowest BCUT2D eigenvalue weighted by Crippen LogP contribution is -2.36. The number of hydrogen-bond donors (Lipinski definition) is 3. The summed E-state index contributed by atoms with van der Waals surface area (Å²) in [5, 5.41) is 5.46.